The first-order valence-electron chi connectivity index (χ1n) is 7.41. The topological polar surface area (TPSA) is 56.6 Å². The minimum absolute atomic E-state index is 0.0369. The van der Waals surface area contributed by atoms with E-state index in [9.17, 15) is 4.79 Å². The molecule has 21 heavy (non-hydrogen) atoms. The number of carbonyl (C=O) groups excluding carboxylic acids is 1. The zero-order valence-electron chi connectivity index (χ0n) is 12.0. The minimum atomic E-state index is 0.0369. The van der Waals surface area contributed by atoms with Gasteiger partial charge < -0.3 is 9.64 Å². The number of carbonyl (C=O) groups is 1. The Bertz CT molecular complexity index is 538. The Morgan fingerprint density at radius 2 is 1.86 bits per heavy atom. The fourth-order valence-corrected chi connectivity index (χ4v) is 2.64. The van der Waals surface area contributed by atoms with Crippen molar-refractivity contribution in [3.63, 3.8) is 0 Å². The fraction of sp³-hybridized carbons (Fsp3) is 0.500. The Labute approximate surface area is 124 Å². The van der Waals surface area contributed by atoms with Gasteiger partial charge in [0.25, 0.3) is 5.91 Å². The molecule has 0 radical (unpaired) electrons. The molecule has 1 aliphatic carbocycles. The van der Waals surface area contributed by atoms with Crippen LogP contribution in [0.4, 0.5) is 0 Å². The number of rotatable bonds is 4. The Hall–Kier alpha value is -2.06. The van der Waals surface area contributed by atoms with Gasteiger partial charge in [-0.2, -0.15) is 5.26 Å². The maximum Gasteiger partial charge on any atom is 0.260 e. The molecule has 5 nitrogen and oxygen atoms in total. The van der Waals surface area contributed by atoms with Crippen LogP contribution in [0.15, 0.2) is 24.3 Å². The lowest BCUT2D eigenvalue weighted by molar-refractivity contribution is -0.135. The standard InChI is InChI=1S/C16H19N3O2/c17-11-13-1-5-15(6-2-13)21-12-16(20)19-9-7-18(8-10-19)14-3-4-14/h1-2,5-6,14H,3-4,7-10,12H2. The molecule has 0 N–H and O–H groups in total. The number of amides is 1. The molecule has 0 bridgehead atoms. The second kappa shape index (κ2) is 6.15. The highest BCUT2D eigenvalue weighted by molar-refractivity contribution is 5.77. The normalized spacial score (nSPS) is 19.1. The van der Waals surface area contributed by atoms with Gasteiger partial charge in [0.1, 0.15) is 5.75 Å². The average molecular weight is 285 g/mol. The van der Waals surface area contributed by atoms with Crippen molar-refractivity contribution >= 4 is 5.91 Å². The zero-order valence-corrected chi connectivity index (χ0v) is 12.0. The van der Waals surface area contributed by atoms with Crippen LogP contribution >= 0.6 is 0 Å². The summed E-state index contributed by atoms with van der Waals surface area (Å²) in [4.78, 5) is 16.5. The van der Waals surface area contributed by atoms with Gasteiger partial charge in [-0.05, 0) is 37.1 Å². The first-order chi connectivity index (χ1) is 10.3. The van der Waals surface area contributed by atoms with Gasteiger partial charge in [0, 0.05) is 32.2 Å². The molecule has 1 aromatic carbocycles. The summed E-state index contributed by atoms with van der Waals surface area (Å²) in [6, 6.07) is 9.64. The SMILES string of the molecule is N#Cc1ccc(OCC(=O)N2CCN(C3CC3)CC2)cc1. The number of piperazine rings is 1. The van der Waals surface area contributed by atoms with E-state index >= 15 is 0 Å². The molecule has 1 saturated heterocycles. The number of hydrogen-bond acceptors (Lipinski definition) is 4. The van der Waals surface area contributed by atoms with E-state index in [0.29, 0.717) is 11.3 Å². The van der Waals surface area contributed by atoms with Crippen LogP contribution in [0.1, 0.15) is 18.4 Å². The van der Waals surface area contributed by atoms with Crippen LogP contribution in [-0.2, 0) is 4.79 Å². The van der Waals surface area contributed by atoms with E-state index in [1.165, 1.54) is 12.8 Å². The molecule has 1 aliphatic heterocycles. The zero-order chi connectivity index (χ0) is 14.7. The molecular weight excluding hydrogens is 266 g/mol. The monoisotopic (exact) mass is 285 g/mol. The highest BCUT2D eigenvalue weighted by Gasteiger charge is 2.32. The minimum Gasteiger partial charge on any atom is -0.484 e. The smallest absolute Gasteiger partial charge is 0.260 e. The van der Waals surface area contributed by atoms with E-state index < -0.39 is 0 Å². The van der Waals surface area contributed by atoms with Gasteiger partial charge in [0.15, 0.2) is 6.61 Å². The maximum absolute atomic E-state index is 12.1. The van der Waals surface area contributed by atoms with Crippen LogP contribution < -0.4 is 4.74 Å². The highest BCUT2D eigenvalue weighted by Crippen LogP contribution is 2.27. The van der Waals surface area contributed by atoms with Crippen molar-refractivity contribution in [1.82, 2.24) is 9.80 Å². The van der Waals surface area contributed by atoms with Crippen molar-refractivity contribution in [3.8, 4) is 11.8 Å². The van der Waals surface area contributed by atoms with Crippen molar-refractivity contribution < 1.29 is 9.53 Å². The molecule has 2 aliphatic rings. The van der Waals surface area contributed by atoms with E-state index in [0.717, 1.165) is 32.2 Å². The lowest BCUT2D eigenvalue weighted by Gasteiger charge is -2.34. The van der Waals surface area contributed by atoms with Crippen LogP contribution in [0, 0.1) is 11.3 Å². The van der Waals surface area contributed by atoms with Crippen molar-refractivity contribution in [3.05, 3.63) is 29.8 Å². The Morgan fingerprint density at radius 1 is 1.19 bits per heavy atom. The summed E-state index contributed by atoms with van der Waals surface area (Å²) >= 11 is 0. The summed E-state index contributed by atoms with van der Waals surface area (Å²) in [6.07, 6.45) is 2.63. The molecule has 0 aromatic heterocycles. The summed E-state index contributed by atoms with van der Waals surface area (Å²) in [7, 11) is 0. The van der Waals surface area contributed by atoms with Crippen LogP contribution in [0.2, 0.25) is 0 Å². The predicted octanol–water partition coefficient (Wildman–Crippen LogP) is 1.24. The number of ether oxygens (including phenoxy) is 1. The molecule has 0 atom stereocenters. The van der Waals surface area contributed by atoms with Gasteiger partial charge in [-0.25, -0.2) is 0 Å². The lowest BCUT2D eigenvalue weighted by atomic mass is 10.2. The van der Waals surface area contributed by atoms with Gasteiger partial charge in [0.05, 0.1) is 11.6 Å². The molecule has 1 saturated carbocycles. The first-order valence-corrected chi connectivity index (χ1v) is 7.41. The molecule has 1 aromatic rings. The molecule has 1 heterocycles. The number of benzene rings is 1. The molecule has 5 heteroatoms. The van der Waals surface area contributed by atoms with Crippen LogP contribution in [0.5, 0.6) is 5.75 Å². The van der Waals surface area contributed by atoms with Gasteiger partial charge in [-0.1, -0.05) is 0 Å². The van der Waals surface area contributed by atoms with E-state index in [4.69, 9.17) is 10.00 Å². The van der Waals surface area contributed by atoms with E-state index in [1.54, 1.807) is 24.3 Å². The van der Waals surface area contributed by atoms with Crippen LogP contribution in [0.3, 0.4) is 0 Å². The van der Waals surface area contributed by atoms with Gasteiger partial charge >= 0.3 is 0 Å². The number of nitrogens with zero attached hydrogens (tertiary/aromatic N) is 3. The molecule has 2 fully saturated rings. The molecule has 0 unspecified atom stereocenters. The summed E-state index contributed by atoms with van der Waals surface area (Å²) in [5, 5.41) is 8.73. The Morgan fingerprint density at radius 3 is 2.43 bits per heavy atom. The van der Waals surface area contributed by atoms with Crippen molar-refractivity contribution in [1.29, 1.82) is 5.26 Å². The Balaban J connectivity index is 1.44. The molecule has 110 valence electrons. The predicted molar refractivity (Wildman–Crippen MR) is 77.8 cm³/mol. The van der Waals surface area contributed by atoms with Crippen LogP contribution in [-0.4, -0.2) is 54.5 Å². The third-order valence-corrected chi connectivity index (χ3v) is 4.08. The molecule has 1 amide bonds. The van der Waals surface area contributed by atoms with Gasteiger partial charge in [0.2, 0.25) is 0 Å². The van der Waals surface area contributed by atoms with Gasteiger partial charge in [-0.15, -0.1) is 0 Å². The average Bonchev–Trinajstić information content (AvgIpc) is 3.38. The first kappa shape index (κ1) is 13.9. The van der Waals surface area contributed by atoms with Gasteiger partial charge in [-0.3, -0.25) is 9.69 Å². The third kappa shape index (κ3) is 3.53. The lowest BCUT2D eigenvalue weighted by Crippen LogP contribution is -2.50. The molecular formula is C16H19N3O2. The summed E-state index contributed by atoms with van der Waals surface area (Å²) < 4.78 is 5.49. The fourth-order valence-electron chi connectivity index (χ4n) is 2.64. The number of hydrogen-bond donors (Lipinski definition) is 0. The van der Waals surface area contributed by atoms with Crippen molar-refractivity contribution in [2.24, 2.45) is 0 Å². The van der Waals surface area contributed by atoms with Crippen LogP contribution in [0.25, 0.3) is 0 Å². The second-order valence-electron chi connectivity index (χ2n) is 5.57. The van der Waals surface area contributed by atoms with Crippen molar-refractivity contribution in [2.45, 2.75) is 18.9 Å². The van der Waals surface area contributed by atoms with Crippen molar-refractivity contribution in [2.75, 3.05) is 32.8 Å². The quantitative estimate of drug-likeness (QED) is 0.835. The second-order valence-corrected chi connectivity index (χ2v) is 5.57. The van der Waals surface area contributed by atoms with E-state index in [1.807, 2.05) is 4.90 Å². The highest BCUT2D eigenvalue weighted by atomic mass is 16.5. The number of nitriles is 1. The summed E-state index contributed by atoms with van der Waals surface area (Å²) in [6.45, 7) is 3.62. The Kier molecular flexibility index (Phi) is 4.07. The summed E-state index contributed by atoms with van der Waals surface area (Å²) in [5.74, 6) is 0.661. The third-order valence-electron chi connectivity index (χ3n) is 4.08. The largest absolute Gasteiger partial charge is 0.484 e. The maximum atomic E-state index is 12.1. The van der Waals surface area contributed by atoms with E-state index in [-0.39, 0.29) is 12.5 Å². The van der Waals surface area contributed by atoms with E-state index in [2.05, 4.69) is 11.0 Å². The molecule has 0 spiro atoms. The summed E-state index contributed by atoms with van der Waals surface area (Å²) in [5.41, 5.74) is 0.588. The molecule has 3 rings (SSSR count).